The summed E-state index contributed by atoms with van der Waals surface area (Å²) >= 11 is 0. The van der Waals surface area contributed by atoms with Crippen LogP contribution in [0.4, 0.5) is 0 Å². The first kappa shape index (κ1) is 49.8. The van der Waals surface area contributed by atoms with Gasteiger partial charge >= 0.3 is 0 Å². The van der Waals surface area contributed by atoms with E-state index in [1.807, 2.05) is 0 Å². The summed E-state index contributed by atoms with van der Waals surface area (Å²) in [7, 11) is 4.43. The Bertz CT molecular complexity index is 1170. The molecule has 4 rings (SSSR count). The van der Waals surface area contributed by atoms with Crippen LogP contribution < -0.4 is 0 Å². The summed E-state index contributed by atoms with van der Waals surface area (Å²) in [5.74, 6) is 6.14. The summed E-state index contributed by atoms with van der Waals surface area (Å²) in [6.07, 6.45) is 48.7. The minimum atomic E-state index is 0.428. The molecule has 0 aromatic rings. The number of fused-ring (bicyclic) bond motifs is 5. The first-order valence-corrected chi connectivity index (χ1v) is 25.9. The Morgan fingerprint density at radius 3 is 2.17 bits per heavy atom. The molecule has 0 radical (unpaired) electrons. The van der Waals surface area contributed by atoms with Gasteiger partial charge in [0.15, 0.2) is 0 Å². The number of rotatable bonds is 31. The molecule has 0 heterocycles. The van der Waals surface area contributed by atoms with Gasteiger partial charge < -0.3 is 14.4 Å². The Kier molecular flexibility index (Phi) is 23.4. The minimum absolute atomic E-state index is 0.428. The van der Waals surface area contributed by atoms with Gasteiger partial charge in [0.1, 0.15) is 0 Å². The molecule has 3 heteroatoms. The van der Waals surface area contributed by atoms with Gasteiger partial charge in [-0.2, -0.15) is 0 Å². The van der Waals surface area contributed by atoms with Crippen LogP contribution in [0.2, 0.25) is 0 Å². The van der Waals surface area contributed by atoms with Gasteiger partial charge in [-0.1, -0.05) is 148 Å². The van der Waals surface area contributed by atoms with Crippen molar-refractivity contribution in [2.45, 2.75) is 221 Å². The van der Waals surface area contributed by atoms with Crippen molar-refractivity contribution in [3.8, 4) is 0 Å². The molecule has 4 aliphatic carbocycles. The molecular formula is C55H99NO2. The first-order valence-electron chi connectivity index (χ1n) is 25.9. The van der Waals surface area contributed by atoms with Gasteiger partial charge in [0.05, 0.1) is 12.7 Å². The summed E-state index contributed by atoms with van der Waals surface area (Å²) < 4.78 is 12.9. The van der Waals surface area contributed by atoms with E-state index in [1.165, 1.54) is 167 Å². The van der Waals surface area contributed by atoms with E-state index in [2.05, 4.69) is 90.9 Å². The van der Waals surface area contributed by atoms with E-state index in [0.29, 0.717) is 22.9 Å². The standard InChI is InChI=1S/C55H99NO2/c1-9-10-11-12-13-14-15-16-17-18-19-20-21-22-23-26-40-57-44-47(43-56(7)8)31-25-24-27-41-58-49-36-38-54(5)48(42-49)32-33-50-52-35-34-51(46(4)30-28-29-45(2)3)55(52,6)39-37-53(50)54/h13-14,16-17,32,45-47,49-53H,9-12,15,18-31,33-44H2,1-8H3/b14-13-,17-16-/t46?,47?,49-,50?,51?,52?,53?,54-,55+/m0/s1. The number of allylic oxidation sites excluding steroid dienone is 5. The van der Waals surface area contributed by atoms with Crippen molar-refractivity contribution < 1.29 is 9.47 Å². The zero-order valence-electron chi connectivity index (χ0n) is 40.2. The quantitative estimate of drug-likeness (QED) is 0.0515. The number of hydrogen-bond donors (Lipinski definition) is 0. The third-order valence-electron chi connectivity index (χ3n) is 16.3. The maximum Gasteiger partial charge on any atom is 0.0612 e. The fraction of sp³-hybridized carbons (Fsp3) is 0.891. The Hall–Kier alpha value is -0.900. The summed E-state index contributed by atoms with van der Waals surface area (Å²) in [5, 5.41) is 0. The Balaban J connectivity index is 1.04. The highest BCUT2D eigenvalue weighted by Gasteiger charge is 2.59. The lowest BCUT2D eigenvalue weighted by molar-refractivity contribution is -0.0641. The zero-order chi connectivity index (χ0) is 41.6. The van der Waals surface area contributed by atoms with Gasteiger partial charge in [-0.25, -0.2) is 0 Å². The molecule has 0 saturated heterocycles. The molecule has 3 saturated carbocycles. The molecular weight excluding hydrogens is 707 g/mol. The highest BCUT2D eigenvalue weighted by Crippen LogP contribution is 2.67. The van der Waals surface area contributed by atoms with Gasteiger partial charge in [-0.05, 0) is 169 Å². The maximum absolute atomic E-state index is 6.65. The van der Waals surface area contributed by atoms with E-state index in [9.17, 15) is 0 Å². The van der Waals surface area contributed by atoms with Crippen LogP contribution in [-0.2, 0) is 9.47 Å². The Labute approximate surface area is 362 Å². The Morgan fingerprint density at radius 2 is 1.43 bits per heavy atom. The maximum atomic E-state index is 6.65. The van der Waals surface area contributed by atoms with Crippen molar-refractivity contribution in [1.82, 2.24) is 4.90 Å². The van der Waals surface area contributed by atoms with E-state index in [0.717, 1.165) is 68.3 Å². The third-order valence-corrected chi connectivity index (χ3v) is 16.3. The third kappa shape index (κ3) is 16.1. The highest BCUT2D eigenvalue weighted by molar-refractivity contribution is 5.25. The molecule has 0 amide bonds. The van der Waals surface area contributed by atoms with Crippen LogP contribution in [0.25, 0.3) is 0 Å². The topological polar surface area (TPSA) is 21.7 Å². The van der Waals surface area contributed by atoms with E-state index in [4.69, 9.17) is 9.47 Å². The second-order valence-corrected chi connectivity index (χ2v) is 21.7. The smallest absolute Gasteiger partial charge is 0.0612 e. The normalized spacial score (nSPS) is 29.6. The lowest BCUT2D eigenvalue weighted by atomic mass is 9.47. The van der Waals surface area contributed by atoms with Gasteiger partial charge in [0.2, 0.25) is 0 Å². The fourth-order valence-electron chi connectivity index (χ4n) is 12.9. The molecule has 58 heavy (non-hydrogen) atoms. The average Bonchev–Trinajstić information content (AvgIpc) is 3.55. The number of hydrogen-bond acceptors (Lipinski definition) is 3. The molecule has 3 fully saturated rings. The molecule has 0 aromatic heterocycles. The van der Waals surface area contributed by atoms with Crippen molar-refractivity contribution in [2.24, 2.45) is 52.3 Å². The highest BCUT2D eigenvalue weighted by atomic mass is 16.5. The zero-order valence-corrected chi connectivity index (χ0v) is 40.2. The monoisotopic (exact) mass is 806 g/mol. The molecule has 0 aliphatic heterocycles. The van der Waals surface area contributed by atoms with E-state index < -0.39 is 0 Å². The van der Waals surface area contributed by atoms with Crippen molar-refractivity contribution in [3.63, 3.8) is 0 Å². The van der Waals surface area contributed by atoms with Crippen molar-refractivity contribution in [3.05, 3.63) is 36.0 Å². The summed E-state index contributed by atoms with van der Waals surface area (Å²) in [4.78, 5) is 2.35. The van der Waals surface area contributed by atoms with Crippen LogP contribution in [-0.4, -0.2) is 51.5 Å². The Morgan fingerprint density at radius 1 is 0.724 bits per heavy atom. The van der Waals surface area contributed by atoms with Crippen molar-refractivity contribution in [2.75, 3.05) is 40.5 Å². The molecule has 4 aliphatic rings. The van der Waals surface area contributed by atoms with Crippen LogP contribution in [0.5, 0.6) is 0 Å². The second kappa shape index (κ2) is 27.2. The minimum Gasteiger partial charge on any atom is -0.381 e. The predicted octanol–water partition coefficient (Wildman–Crippen LogP) is 16.0. The molecule has 0 N–H and O–H groups in total. The van der Waals surface area contributed by atoms with Crippen LogP contribution in [0.1, 0.15) is 215 Å². The summed E-state index contributed by atoms with van der Waals surface area (Å²) in [6.45, 7) is 19.0. The van der Waals surface area contributed by atoms with E-state index in [-0.39, 0.29) is 0 Å². The molecule has 336 valence electrons. The fourth-order valence-corrected chi connectivity index (χ4v) is 12.9. The molecule has 6 unspecified atom stereocenters. The molecule has 0 spiro atoms. The van der Waals surface area contributed by atoms with Crippen LogP contribution in [0.3, 0.4) is 0 Å². The van der Waals surface area contributed by atoms with Crippen LogP contribution >= 0.6 is 0 Å². The number of ether oxygens (including phenoxy) is 2. The van der Waals surface area contributed by atoms with E-state index in [1.54, 1.807) is 5.57 Å². The average molecular weight is 806 g/mol. The second-order valence-electron chi connectivity index (χ2n) is 21.7. The van der Waals surface area contributed by atoms with Crippen molar-refractivity contribution >= 4 is 0 Å². The molecule has 0 aromatic carbocycles. The molecule has 3 nitrogen and oxygen atoms in total. The number of unbranched alkanes of at least 4 members (excludes halogenated alkanes) is 11. The lowest BCUT2D eigenvalue weighted by Crippen LogP contribution is -2.51. The van der Waals surface area contributed by atoms with Crippen molar-refractivity contribution in [1.29, 1.82) is 0 Å². The van der Waals surface area contributed by atoms with Gasteiger partial charge in [0, 0.05) is 19.8 Å². The lowest BCUT2D eigenvalue weighted by Gasteiger charge is -2.58. The van der Waals surface area contributed by atoms with Crippen LogP contribution in [0, 0.1) is 52.3 Å². The molecule has 9 atom stereocenters. The first-order chi connectivity index (χ1) is 28.1. The predicted molar refractivity (Wildman–Crippen MR) is 253 cm³/mol. The van der Waals surface area contributed by atoms with Gasteiger partial charge in [0.25, 0.3) is 0 Å². The number of nitrogens with zero attached hydrogens (tertiary/aromatic N) is 1. The van der Waals surface area contributed by atoms with Gasteiger partial charge in [-0.15, -0.1) is 0 Å². The SMILES string of the molecule is CCCCC/C=C\C/C=C\CCCCCCCCOCC(CCCCCO[C@H]1CC[C@@]2(C)C(=CCC3C4CCC(C(C)CCCC(C)C)[C@@]4(C)CCC32)C1)CN(C)C. The molecule has 0 bridgehead atoms. The van der Waals surface area contributed by atoms with Crippen LogP contribution in [0.15, 0.2) is 36.0 Å². The van der Waals surface area contributed by atoms with E-state index >= 15 is 0 Å². The van der Waals surface area contributed by atoms with Gasteiger partial charge in [-0.3, -0.25) is 0 Å². The largest absolute Gasteiger partial charge is 0.381 e. The summed E-state index contributed by atoms with van der Waals surface area (Å²) in [5.41, 5.74) is 2.80. The summed E-state index contributed by atoms with van der Waals surface area (Å²) in [6, 6.07) is 0.